The molecule has 0 spiro atoms. The number of phenols is 2. The summed E-state index contributed by atoms with van der Waals surface area (Å²) in [6, 6.07) is 16.9. The van der Waals surface area contributed by atoms with Crippen LogP contribution in [0.3, 0.4) is 0 Å². The number of aliphatic imine (C=N–C) groups is 1. The van der Waals surface area contributed by atoms with Gasteiger partial charge in [-0.3, -0.25) is 4.99 Å². The van der Waals surface area contributed by atoms with Crippen LogP contribution in [0.1, 0.15) is 11.6 Å². The van der Waals surface area contributed by atoms with Crippen LogP contribution in [0.2, 0.25) is 20.1 Å². The minimum atomic E-state index is -0.119. The van der Waals surface area contributed by atoms with Gasteiger partial charge in [0.15, 0.2) is 5.17 Å². The first-order valence-corrected chi connectivity index (χ1v) is 13.2. The Morgan fingerprint density at radius 3 is 2.00 bits per heavy atom. The largest absolute Gasteiger partial charge is 0.505 e. The number of nitrogens with zero attached hydrogens (tertiary/aromatic N) is 2. The van der Waals surface area contributed by atoms with Crippen LogP contribution in [0, 0.1) is 0 Å². The first kappa shape index (κ1) is 24.7. The van der Waals surface area contributed by atoms with Crippen molar-refractivity contribution >= 4 is 75.1 Å². The molecular formula is C23H18Cl4N2O2S2. The van der Waals surface area contributed by atoms with E-state index in [-0.39, 0.29) is 21.5 Å². The minimum absolute atomic E-state index is 0.119. The fourth-order valence-corrected chi connectivity index (χ4v) is 6.61. The smallest absolute Gasteiger partial charge is 0.160 e. The summed E-state index contributed by atoms with van der Waals surface area (Å²) in [5.41, 5.74) is 1.34. The highest BCUT2D eigenvalue weighted by atomic mass is 35.5. The van der Waals surface area contributed by atoms with Crippen molar-refractivity contribution in [1.29, 1.82) is 0 Å². The normalized spacial score (nSPS) is 16.8. The first-order valence-electron chi connectivity index (χ1n) is 9.86. The monoisotopic (exact) mass is 558 g/mol. The van der Waals surface area contributed by atoms with E-state index < -0.39 is 0 Å². The van der Waals surface area contributed by atoms with Gasteiger partial charge in [-0.05, 0) is 29.8 Å². The molecule has 33 heavy (non-hydrogen) atoms. The molecule has 1 atom stereocenters. The van der Waals surface area contributed by atoms with Crippen LogP contribution in [0.5, 0.6) is 11.5 Å². The summed E-state index contributed by atoms with van der Waals surface area (Å²) in [6.45, 7) is 2.25. The second kappa shape index (κ2) is 10.9. The SMILES string of the molecule is Oc1c(Cl)cc(Cl)cc1Sc1cc(Cl)cc(Cl)c1O.c1ccc([C@H]2CN3CCSC3=N2)cc1. The van der Waals surface area contributed by atoms with E-state index in [1.54, 1.807) is 0 Å². The summed E-state index contributed by atoms with van der Waals surface area (Å²) in [4.78, 5) is 7.91. The summed E-state index contributed by atoms with van der Waals surface area (Å²) < 4.78 is 0. The minimum Gasteiger partial charge on any atom is -0.505 e. The third kappa shape index (κ3) is 5.99. The van der Waals surface area contributed by atoms with Crippen LogP contribution >= 0.6 is 69.9 Å². The maximum absolute atomic E-state index is 9.85. The van der Waals surface area contributed by atoms with Crippen molar-refractivity contribution < 1.29 is 10.2 Å². The van der Waals surface area contributed by atoms with E-state index in [0.717, 1.165) is 18.3 Å². The summed E-state index contributed by atoms with van der Waals surface area (Å²) in [6.07, 6.45) is 0. The lowest BCUT2D eigenvalue weighted by atomic mass is 10.1. The standard InChI is InChI=1S/C12H6Cl4O2S.C11H12N2S/c13-5-1-7(15)11(17)9(3-5)19-10-4-6(14)2-8(16)12(10)18;1-2-4-9(5-3-1)10-8-13-6-7-14-11(13)12-10/h1-4,17-18H;1-5,10H,6-8H2/t;10-/m.1/s1. The van der Waals surface area contributed by atoms with Gasteiger partial charge in [0, 0.05) is 28.9 Å². The van der Waals surface area contributed by atoms with E-state index in [0.29, 0.717) is 25.9 Å². The number of rotatable bonds is 3. The lowest BCUT2D eigenvalue weighted by Crippen LogP contribution is -2.21. The topological polar surface area (TPSA) is 56.1 Å². The quantitative estimate of drug-likeness (QED) is 0.340. The Bertz CT molecular complexity index is 1140. The van der Waals surface area contributed by atoms with Crippen LogP contribution in [0.4, 0.5) is 0 Å². The molecule has 0 radical (unpaired) electrons. The van der Waals surface area contributed by atoms with Gasteiger partial charge < -0.3 is 15.1 Å². The Hall–Kier alpha value is -1.41. The molecule has 3 aromatic carbocycles. The third-order valence-electron chi connectivity index (χ3n) is 4.91. The van der Waals surface area contributed by atoms with Crippen molar-refractivity contribution in [3.63, 3.8) is 0 Å². The van der Waals surface area contributed by atoms with E-state index >= 15 is 0 Å². The van der Waals surface area contributed by atoms with Crippen molar-refractivity contribution in [2.45, 2.75) is 15.8 Å². The van der Waals surface area contributed by atoms with Gasteiger partial charge in [-0.25, -0.2) is 0 Å². The zero-order valence-electron chi connectivity index (χ0n) is 17.0. The van der Waals surface area contributed by atoms with Crippen LogP contribution in [-0.4, -0.2) is 39.1 Å². The number of aromatic hydroxyl groups is 2. The van der Waals surface area contributed by atoms with Gasteiger partial charge in [0.1, 0.15) is 11.5 Å². The van der Waals surface area contributed by atoms with Gasteiger partial charge in [-0.15, -0.1) is 0 Å². The Morgan fingerprint density at radius 1 is 0.879 bits per heavy atom. The molecule has 0 unspecified atom stereocenters. The lowest BCUT2D eigenvalue weighted by molar-refractivity contribution is 0.460. The molecule has 2 aliphatic rings. The Kier molecular flexibility index (Phi) is 8.15. The molecule has 0 amide bonds. The average molecular weight is 560 g/mol. The zero-order chi connectivity index (χ0) is 23.5. The molecule has 1 fully saturated rings. The van der Waals surface area contributed by atoms with Crippen molar-refractivity contribution in [1.82, 2.24) is 4.90 Å². The van der Waals surface area contributed by atoms with E-state index in [4.69, 9.17) is 51.4 Å². The lowest BCUT2D eigenvalue weighted by Gasteiger charge is -2.12. The molecule has 4 nitrogen and oxygen atoms in total. The van der Waals surface area contributed by atoms with E-state index in [9.17, 15) is 10.2 Å². The van der Waals surface area contributed by atoms with Crippen LogP contribution in [0.25, 0.3) is 0 Å². The van der Waals surface area contributed by atoms with Crippen LogP contribution in [0.15, 0.2) is 69.4 Å². The van der Waals surface area contributed by atoms with Crippen molar-refractivity contribution in [3.05, 3.63) is 80.3 Å². The number of phenolic OH excluding ortho intramolecular Hbond substituents is 2. The summed E-state index contributed by atoms with van der Waals surface area (Å²) >= 11 is 26.3. The first-order chi connectivity index (χ1) is 15.8. The fraction of sp³-hybridized carbons (Fsp3) is 0.174. The van der Waals surface area contributed by atoms with Crippen molar-refractivity contribution in [3.8, 4) is 11.5 Å². The number of hydrogen-bond donors (Lipinski definition) is 2. The number of fused-ring (bicyclic) bond motifs is 1. The highest BCUT2D eigenvalue weighted by Gasteiger charge is 2.29. The fourth-order valence-electron chi connectivity index (χ4n) is 3.32. The average Bonchev–Trinajstić information content (AvgIpc) is 3.39. The van der Waals surface area contributed by atoms with Crippen molar-refractivity contribution in [2.24, 2.45) is 4.99 Å². The molecule has 1 saturated heterocycles. The van der Waals surface area contributed by atoms with Crippen LogP contribution < -0.4 is 0 Å². The van der Waals surface area contributed by atoms with Gasteiger partial charge in [-0.1, -0.05) is 100 Å². The van der Waals surface area contributed by atoms with Gasteiger partial charge in [0.2, 0.25) is 0 Å². The zero-order valence-corrected chi connectivity index (χ0v) is 21.7. The molecule has 3 aromatic rings. The van der Waals surface area contributed by atoms with Crippen LogP contribution in [-0.2, 0) is 0 Å². The summed E-state index contributed by atoms with van der Waals surface area (Å²) in [5.74, 6) is 0.971. The number of benzene rings is 3. The Labute approximate surface area is 220 Å². The third-order valence-corrected chi connectivity index (χ3v) is 8.00. The molecule has 0 aromatic heterocycles. The number of thioether (sulfide) groups is 1. The van der Waals surface area contributed by atoms with E-state index in [2.05, 4.69) is 35.2 Å². The van der Waals surface area contributed by atoms with Gasteiger partial charge in [-0.2, -0.15) is 0 Å². The number of hydrogen-bond acceptors (Lipinski definition) is 6. The molecule has 0 aliphatic carbocycles. The Morgan fingerprint density at radius 2 is 1.45 bits per heavy atom. The molecular weight excluding hydrogens is 542 g/mol. The molecule has 10 heteroatoms. The predicted molar refractivity (Wildman–Crippen MR) is 141 cm³/mol. The molecule has 2 N–H and O–H groups in total. The molecule has 172 valence electrons. The molecule has 0 saturated carbocycles. The molecule has 2 heterocycles. The number of halogens is 4. The second-order valence-corrected chi connectivity index (χ2v) is 11.0. The highest BCUT2D eigenvalue weighted by molar-refractivity contribution is 8.14. The maximum atomic E-state index is 9.85. The van der Waals surface area contributed by atoms with Gasteiger partial charge >= 0.3 is 0 Å². The highest BCUT2D eigenvalue weighted by Crippen LogP contribution is 2.45. The molecule has 0 bridgehead atoms. The Balaban J connectivity index is 0.000000163. The van der Waals surface area contributed by atoms with Gasteiger partial charge in [0.05, 0.1) is 25.9 Å². The summed E-state index contributed by atoms with van der Waals surface area (Å²) in [7, 11) is 0. The van der Waals surface area contributed by atoms with Gasteiger partial charge in [0.25, 0.3) is 0 Å². The van der Waals surface area contributed by atoms with E-state index in [1.165, 1.54) is 47.3 Å². The van der Waals surface area contributed by atoms with Crippen molar-refractivity contribution in [2.75, 3.05) is 18.8 Å². The molecule has 5 rings (SSSR count). The summed E-state index contributed by atoms with van der Waals surface area (Å²) in [5, 5.41) is 22.0. The predicted octanol–water partition coefficient (Wildman–Crippen LogP) is 8.01. The number of amidine groups is 1. The van der Waals surface area contributed by atoms with E-state index in [1.807, 2.05) is 11.8 Å². The second-order valence-electron chi connectivity index (χ2n) is 7.20. The molecule has 2 aliphatic heterocycles. The maximum Gasteiger partial charge on any atom is 0.160 e.